The van der Waals surface area contributed by atoms with Crippen molar-refractivity contribution < 1.29 is 0 Å². The lowest BCUT2D eigenvalue weighted by molar-refractivity contribution is 0.182. The van der Waals surface area contributed by atoms with E-state index in [2.05, 4.69) is 26.2 Å². The van der Waals surface area contributed by atoms with Gasteiger partial charge in [0.15, 0.2) is 0 Å². The summed E-state index contributed by atoms with van der Waals surface area (Å²) < 4.78 is 0. The van der Waals surface area contributed by atoms with Crippen LogP contribution in [-0.2, 0) is 0 Å². The molecule has 0 saturated heterocycles. The minimum absolute atomic E-state index is 0.461. The molecule has 0 radical (unpaired) electrons. The number of thiocyanates is 1. The number of hydrogen-bond donors (Lipinski definition) is 0. The maximum Gasteiger partial charge on any atom is 0.133 e. The SMILES string of the molecule is CC(C)(C)C1CCC(SC#N)CC1. The maximum atomic E-state index is 8.56. The smallest absolute Gasteiger partial charge is 0.133 e. The molecule has 1 nitrogen and oxygen atoms in total. The number of rotatable bonds is 1. The molecule has 0 aliphatic heterocycles. The van der Waals surface area contributed by atoms with Gasteiger partial charge in [0.25, 0.3) is 0 Å². The largest absolute Gasteiger partial charge is 0.185 e. The van der Waals surface area contributed by atoms with Crippen LogP contribution in [-0.4, -0.2) is 5.25 Å². The van der Waals surface area contributed by atoms with Crippen molar-refractivity contribution in [3.8, 4) is 5.40 Å². The van der Waals surface area contributed by atoms with Gasteiger partial charge in [-0.15, -0.1) is 0 Å². The van der Waals surface area contributed by atoms with Crippen LogP contribution in [0.4, 0.5) is 0 Å². The van der Waals surface area contributed by atoms with E-state index in [1.165, 1.54) is 37.4 Å². The molecule has 13 heavy (non-hydrogen) atoms. The first-order valence-corrected chi connectivity index (χ1v) is 5.96. The van der Waals surface area contributed by atoms with Crippen LogP contribution in [0.2, 0.25) is 0 Å². The Morgan fingerprint density at radius 1 is 1.15 bits per heavy atom. The maximum absolute atomic E-state index is 8.56. The van der Waals surface area contributed by atoms with Gasteiger partial charge in [-0.3, -0.25) is 0 Å². The lowest BCUT2D eigenvalue weighted by atomic mass is 9.72. The zero-order valence-electron chi connectivity index (χ0n) is 8.84. The van der Waals surface area contributed by atoms with Gasteiger partial charge in [-0.2, -0.15) is 5.26 Å². The molecule has 0 N–H and O–H groups in total. The average Bonchev–Trinajstić information content (AvgIpc) is 2.04. The van der Waals surface area contributed by atoms with Gasteiger partial charge in [-0.25, -0.2) is 0 Å². The van der Waals surface area contributed by atoms with Crippen molar-refractivity contribution in [1.29, 1.82) is 5.26 Å². The first-order valence-electron chi connectivity index (χ1n) is 5.09. The fourth-order valence-corrected chi connectivity index (χ4v) is 2.78. The van der Waals surface area contributed by atoms with Crippen LogP contribution in [0, 0.1) is 22.0 Å². The summed E-state index contributed by atoms with van der Waals surface area (Å²) in [6.07, 6.45) is 5.09. The summed E-state index contributed by atoms with van der Waals surface area (Å²) >= 11 is 1.47. The van der Waals surface area contributed by atoms with E-state index in [1.54, 1.807) is 0 Å². The molecular weight excluding hydrogens is 178 g/mol. The highest BCUT2D eigenvalue weighted by Crippen LogP contribution is 2.40. The Labute approximate surface area is 85.9 Å². The van der Waals surface area contributed by atoms with Crippen molar-refractivity contribution in [2.45, 2.75) is 51.7 Å². The van der Waals surface area contributed by atoms with Gasteiger partial charge < -0.3 is 0 Å². The van der Waals surface area contributed by atoms with Crippen LogP contribution in [0.3, 0.4) is 0 Å². The van der Waals surface area contributed by atoms with E-state index in [4.69, 9.17) is 5.26 Å². The molecule has 0 heterocycles. The molecule has 0 amide bonds. The highest BCUT2D eigenvalue weighted by atomic mass is 32.2. The summed E-state index contributed by atoms with van der Waals surface area (Å²) in [5.74, 6) is 0.864. The second-order valence-electron chi connectivity index (χ2n) is 5.05. The molecule has 1 saturated carbocycles. The molecule has 0 bridgehead atoms. The molecule has 1 aliphatic rings. The van der Waals surface area contributed by atoms with Crippen LogP contribution in [0.5, 0.6) is 0 Å². The van der Waals surface area contributed by atoms with Crippen molar-refractivity contribution in [3.63, 3.8) is 0 Å². The molecule has 1 aliphatic carbocycles. The first kappa shape index (κ1) is 10.9. The van der Waals surface area contributed by atoms with Crippen molar-refractivity contribution in [2.24, 2.45) is 11.3 Å². The van der Waals surface area contributed by atoms with Crippen LogP contribution in [0.15, 0.2) is 0 Å². The minimum Gasteiger partial charge on any atom is -0.185 e. The van der Waals surface area contributed by atoms with Crippen LogP contribution >= 0.6 is 11.8 Å². The van der Waals surface area contributed by atoms with Crippen LogP contribution in [0.1, 0.15) is 46.5 Å². The standard InChI is InChI=1S/C11H19NS/c1-11(2,3)9-4-6-10(7-5-9)13-8-12/h9-10H,4-7H2,1-3H3. The predicted octanol–water partition coefficient (Wildman–Crippen LogP) is 3.81. The Bertz CT molecular complexity index is 191. The van der Waals surface area contributed by atoms with E-state index < -0.39 is 0 Å². The average molecular weight is 197 g/mol. The predicted molar refractivity (Wildman–Crippen MR) is 58.4 cm³/mol. The quantitative estimate of drug-likeness (QED) is 0.597. The summed E-state index contributed by atoms with van der Waals surface area (Å²) in [5.41, 5.74) is 0.461. The third-order valence-corrected chi connectivity index (χ3v) is 4.03. The fraction of sp³-hybridized carbons (Fsp3) is 0.909. The molecule has 2 heteroatoms. The Hall–Kier alpha value is -0.160. The van der Waals surface area contributed by atoms with Crippen molar-refractivity contribution in [2.75, 3.05) is 0 Å². The van der Waals surface area contributed by atoms with Gasteiger partial charge in [0.1, 0.15) is 5.40 Å². The van der Waals surface area contributed by atoms with Crippen molar-refractivity contribution in [1.82, 2.24) is 0 Å². The normalized spacial score (nSPS) is 29.7. The molecule has 0 aromatic heterocycles. The summed E-state index contributed by atoms with van der Waals surface area (Å²) in [6.45, 7) is 6.99. The summed E-state index contributed by atoms with van der Waals surface area (Å²) in [6, 6.07) is 0. The molecule has 0 aromatic rings. The first-order chi connectivity index (χ1) is 6.04. The molecular formula is C11H19NS. The summed E-state index contributed by atoms with van der Waals surface area (Å²) in [4.78, 5) is 0. The van der Waals surface area contributed by atoms with Gasteiger partial charge in [0.05, 0.1) is 0 Å². The molecule has 0 unspecified atom stereocenters. The Morgan fingerprint density at radius 2 is 1.69 bits per heavy atom. The van der Waals surface area contributed by atoms with Crippen LogP contribution < -0.4 is 0 Å². The van der Waals surface area contributed by atoms with Crippen LogP contribution in [0.25, 0.3) is 0 Å². The second kappa shape index (κ2) is 4.37. The fourth-order valence-electron chi connectivity index (χ4n) is 2.12. The van der Waals surface area contributed by atoms with Gasteiger partial charge in [0, 0.05) is 5.25 Å². The van der Waals surface area contributed by atoms with E-state index in [-0.39, 0.29) is 0 Å². The lowest BCUT2D eigenvalue weighted by Gasteiger charge is -2.36. The Balaban J connectivity index is 2.36. The molecule has 0 atom stereocenters. The molecule has 74 valence electrons. The van der Waals surface area contributed by atoms with Crippen molar-refractivity contribution >= 4 is 11.8 Å². The number of nitriles is 1. The van der Waals surface area contributed by atoms with E-state index >= 15 is 0 Å². The van der Waals surface area contributed by atoms with E-state index in [0.717, 1.165) is 5.92 Å². The molecule has 1 rings (SSSR count). The van der Waals surface area contributed by atoms with Crippen molar-refractivity contribution in [3.05, 3.63) is 0 Å². The monoisotopic (exact) mass is 197 g/mol. The van der Waals surface area contributed by atoms with E-state index in [1.807, 2.05) is 0 Å². The topological polar surface area (TPSA) is 23.8 Å². The van der Waals surface area contributed by atoms with Gasteiger partial charge in [0.2, 0.25) is 0 Å². The summed E-state index contributed by atoms with van der Waals surface area (Å²) in [7, 11) is 0. The molecule has 0 aromatic carbocycles. The van der Waals surface area contributed by atoms with E-state index in [9.17, 15) is 0 Å². The van der Waals surface area contributed by atoms with E-state index in [0.29, 0.717) is 10.7 Å². The van der Waals surface area contributed by atoms with Gasteiger partial charge in [-0.05, 0) is 48.8 Å². The highest BCUT2D eigenvalue weighted by molar-refractivity contribution is 8.04. The molecule has 0 spiro atoms. The van der Waals surface area contributed by atoms with Gasteiger partial charge >= 0.3 is 0 Å². The highest BCUT2D eigenvalue weighted by Gasteiger charge is 2.29. The third kappa shape index (κ3) is 3.23. The third-order valence-electron chi connectivity index (χ3n) is 3.12. The lowest BCUT2D eigenvalue weighted by Crippen LogP contribution is -2.26. The van der Waals surface area contributed by atoms with Gasteiger partial charge in [-0.1, -0.05) is 20.8 Å². The summed E-state index contributed by atoms with van der Waals surface area (Å²) in [5, 5.41) is 11.4. The zero-order valence-corrected chi connectivity index (χ0v) is 9.66. The Kier molecular flexibility index (Phi) is 3.67. The number of nitrogens with zero attached hydrogens (tertiary/aromatic N) is 1. The number of thioether (sulfide) groups is 1. The second-order valence-corrected chi connectivity index (χ2v) is 6.13. The molecule has 1 fully saturated rings. The minimum atomic E-state index is 0.461. The number of hydrogen-bond acceptors (Lipinski definition) is 2. The zero-order chi connectivity index (χ0) is 9.90. The Morgan fingerprint density at radius 3 is 2.08 bits per heavy atom.